The molecule has 1 fully saturated rings. The van der Waals surface area contributed by atoms with Gasteiger partial charge in [-0.25, -0.2) is 0 Å². The van der Waals surface area contributed by atoms with Gasteiger partial charge in [0, 0.05) is 33.3 Å². The quantitative estimate of drug-likeness (QED) is 0.859. The molecule has 0 radical (unpaired) electrons. The van der Waals surface area contributed by atoms with Crippen LogP contribution in [0.15, 0.2) is 52.3 Å². The van der Waals surface area contributed by atoms with Gasteiger partial charge in [-0.1, -0.05) is 41.6 Å². The Morgan fingerprint density at radius 2 is 2.09 bits per heavy atom. The van der Waals surface area contributed by atoms with E-state index in [-0.39, 0.29) is 0 Å². The highest BCUT2D eigenvalue weighted by atomic mass is 35.5. The number of nitrogens with zero attached hydrogens (tertiary/aromatic N) is 1. The number of anilines is 1. The average Bonchev–Trinajstić information content (AvgIpc) is 2.87. The number of nitrogens with one attached hydrogen (secondary N) is 1. The second-order valence-electron chi connectivity index (χ2n) is 6.19. The van der Waals surface area contributed by atoms with Crippen molar-refractivity contribution in [3.63, 3.8) is 0 Å². The van der Waals surface area contributed by atoms with Crippen molar-refractivity contribution in [1.29, 1.82) is 0 Å². The number of benzene rings is 2. The van der Waals surface area contributed by atoms with Gasteiger partial charge in [-0.05, 0) is 49.8 Å². The second-order valence-corrected chi connectivity index (χ2v) is 7.74. The van der Waals surface area contributed by atoms with Gasteiger partial charge in [-0.15, -0.1) is 0 Å². The third-order valence-corrected chi connectivity index (χ3v) is 5.91. The molecule has 114 valence electrons. The van der Waals surface area contributed by atoms with Crippen LogP contribution >= 0.6 is 23.4 Å². The topological polar surface area (TPSA) is 15.3 Å². The third-order valence-electron chi connectivity index (χ3n) is 4.63. The number of piperidine rings is 1. The van der Waals surface area contributed by atoms with Gasteiger partial charge in [0.15, 0.2) is 0 Å². The van der Waals surface area contributed by atoms with Gasteiger partial charge < -0.3 is 10.2 Å². The molecule has 2 aromatic rings. The Kier molecular flexibility index (Phi) is 3.81. The molecule has 1 unspecified atom stereocenters. The summed E-state index contributed by atoms with van der Waals surface area (Å²) in [4.78, 5) is 4.93. The summed E-state index contributed by atoms with van der Waals surface area (Å²) in [5.74, 6) is 0.619. The van der Waals surface area contributed by atoms with Crippen LogP contribution in [0.3, 0.4) is 0 Å². The van der Waals surface area contributed by atoms with E-state index < -0.39 is 0 Å². The van der Waals surface area contributed by atoms with Crippen LogP contribution in [0.5, 0.6) is 0 Å². The van der Waals surface area contributed by atoms with E-state index in [0.717, 1.165) is 11.6 Å². The van der Waals surface area contributed by atoms with Gasteiger partial charge >= 0.3 is 0 Å². The molecule has 0 aliphatic carbocycles. The van der Waals surface area contributed by atoms with Crippen LogP contribution in [-0.2, 0) is 0 Å². The number of likely N-dealkylation sites (N-methyl/N-ethyl adjacent to an activating group) is 1. The largest absolute Gasteiger partial charge is 0.380 e. The lowest BCUT2D eigenvalue weighted by Crippen LogP contribution is -2.39. The SMILES string of the molecule is CN1CC[C@@H]2Nc3c(Sc4cccc(Cl)c4)cccc3C2C1. The lowest BCUT2D eigenvalue weighted by Gasteiger charge is -2.32. The van der Waals surface area contributed by atoms with Crippen LogP contribution in [-0.4, -0.2) is 31.1 Å². The number of fused-ring (bicyclic) bond motifs is 3. The standard InChI is InChI=1S/C18H19ClN2S/c1-21-9-8-16-15(11-21)14-6-3-7-17(18(14)20-16)22-13-5-2-4-12(19)10-13/h2-7,10,15-16,20H,8-9,11H2,1H3/t15?,16-/m0/s1. The van der Waals surface area contributed by atoms with Crippen LogP contribution < -0.4 is 5.32 Å². The zero-order valence-electron chi connectivity index (χ0n) is 12.6. The molecule has 22 heavy (non-hydrogen) atoms. The van der Waals surface area contributed by atoms with E-state index >= 15 is 0 Å². The molecule has 0 saturated carbocycles. The minimum Gasteiger partial charge on any atom is -0.380 e. The molecule has 1 saturated heterocycles. The highest BCUT2D eigenvalue weighted by molar-refractivity contribution is 7.99. The van der Waals surface area contributed by atoms with E-state index in [2.05, 4.69) is 41.5 Å². The first-order chi connectivity index (χ1) is 10.7. The van der Waals surface area contributed by atoms with Crippen molar-refractivity contribution >= 4 is 29.1 Å². The van der Waals surface area contributed by atoms with E-state index in [1.54, 1.807) is 11.8 Å². The van der Waals surface area contributed by atoms with Crippen molar-refractivity contribution in [2.45, 2.75) is 28.2 Å². The number of halogens is 1. The molecule has 2 aliphatic heterocycles. The molecule has 0 aromatic heterocycles. The van der Waals surface area contributed by atoms with Gasteiger partial charge in [0.1, 0.15) is 0 Å². The highest BCUT2D eigenvalue weighted by Crippen LogP contribution is 2.46. The van der Waals surface area contributed by atoms with E-state index in [4.69, 9.17) is 11.6 Å². The number of hydrogen-bond donors (Lipinski definition) is 1. The fourth-order valence-electron chi connectivity index (χ4n) is 3.54. The van der Waals surface area contributed by atoms with Crippen molar-refractivity contribution in [2.24, 2.45) is 0 Å². The Morgan fingerprint density at radius 3 is 2.95 bits per heavy atom. The fraction of sp³-hybridized carbons (Fsp3) is 0.333. The Balaban J connectivity index is 1.66. The van der Waals surface area contributed by atoms with Crippen molar-refractivity contribution < 1.29 is 0 Å². The van der Waals surface area contributed by atoms with E-state index in [1.807, 2.05) is 18.2 Å². The van der Waals surface area contributed by atoms with Crippen molar-refractivity contribution in [2.75, 3.05) is 25.5 Å². The van der Waals surface area contributed by atoms with Gasteiger partial charge in [-0.2, -0.15) is 0 Å². The predicted molar refractivity (Wildman–Crippen MR) is 94.3 cm³/mol. The summed E-state index contributed by atoms with van der Waals surface area (Å²) in [5.41, 5.74) is 2.81. The van der Waals surface area contributed by atoms with Crippen molar-refractivity contribution in [3.8, 4) is 0 Å². The van der Waals surface area contributed by atoms with E-state index in [1.165, 1.54) is 34.0 Å². The van der Waals surface area contributed by atoms with Gasteiger partial charge in [0.2, 0.25) is 0 Å². The molecule has 0 bridgehead atoms. The average molecular weight is 331 g/mol. The van der Waals surface area contributed by atoms with Gasteiger partial charge in [0.05, 0.1) is 5.69 Å². The van der Waals surface area contributed by atoms with Crippen LogP contribution in [0.4, 0.5) is 5.69 Å². The lowest BCUT2D eigenvalue weighted by molar-refractivity contribution is 0.243. The van der Waals surface area contributed by atoms with Crippen LogP contribution in [0.2, 0.25) is 5.02 Å². The summed E-state index contributed by atoms with van der Waals surface area (Å²) in [5, 5.41) is 4.57. The number of para-hydroxylation sites is 1. The fourth-order valence-corrected chi connectivity index (χ4v) is 4.81. The van der Waals surface area contributed by atoms with Gasteiger partial charge in [0.25, 0.3) is 0 Å². The van der Waals surface area contributed by atoms with Crippen LogP contribution in [0.25, 0.3) is 0 Å². The Hall–Kier alpha value is -1.16. The summed E-state index contributed by atoms with van der Waals surface area (Å²) in [7, 11) is 2.22. The molecule has 2 atom stereocenters. The summed E-state index contributed by atoms with van der Waals surface area (Å²) in [6.07, 6.45) is 1.22. The smallest absolute Gasteiger partial charge is 0.0521 e. The second kappa shape index (κ2) is 5.80. The van der Waals surface area contributed by atoms with Crippen molar-refractivity contribution in [1.82, 2.24) is 4.90 Å². The maximum Gasteiger partial charge on any atom is 0.0521 e. The molecule has 4 rings (SSSR count). The Labute approximate surface area is 140 Å². The summed E-state index contributed by atoms with van der Waals surface area (Å²) >= 11 is 7.90. The molecule has 2 aliphatic rings. The lowest BCUT2D eigenvalue weighted by atomic mass is 9.90. The van der Waals surface area contributed by atoms with Crippen LogP contribution in [0, 0.1) is 0 Å². The van der Waals surface area contributed by atoms with Crippen LogP contribution in [0.1, 0.15) is 17.9 Å². The first-order valence-electron chi connectivity index (χ1n) is 7.72. The number of hydrogen-bond acceptors (Lipinski definition) is 3. The maximum absolute atomic E-state index is 6.11. The molecule has 0 spiro atoms. The summed E-state index contributed by atoms with van der Waals surface area (Å²) in [6.45, 7) is 2.33. The minimum absolute atomic E-state index is 0.590. The normalized spacial score (nSPS) is 23.7. The molecule has 2 heterocycles. The molecule has 4 heteroatoms. The number of rotatable bonds is 2. The summed E-state index contributed by atoms with van der Waals surface area (Å²) < 4.78 is 0. The Morgan fingerprint density at radius 1 is 1.23 bits per heavy atom. The van der Waals surface area contributed by atoms with E-state index in [9.17, 15) is 0 Å². The first-order valence-corrected chi connectivity index (χ1v) is 8.91. The van der Waals surface area contributed by atoms with Crippen molar-refractivity contribution in [3.05, 3.63) is 53.1 Å². The molecule has 2 aromatic carbocycles. The molecule has 0 amide bonds. The predicted octanol–water partition coefficient (Wildman–Crippen LogP) is 4.70. The monoisotopic (exact) mass is 330 g/mol. The zero-order chi connectivity index (χ0) is 15.1. The minimum atomic E-state index is 0.590. The zero-order valence-corrected chi connectivity index (χ0v) is 14.1. The molecular weight excluding hydrogens is 312 g/mol. The summed E-state index contributed by atoms with van der Waals surface area (Å²) in [6, 6.07) is 15.3. The molecule has 1 N–H and O–H groups in total. The first kappa shape index (κ1) is 14.4. The van der Waals surface area contributed by atoms with Gasteiger partial charge in [-0.3, -0.25) is 0 Å². The maximum atomic E-state index is 6.11. The molecule has 2 nitrogen and oxygen atoms in total. The highest BCUT2D eigenvalue weighted by Gasteiger charge is 2.36. The number of likely N-dealkylation sites (tertiary alicyclic amines) is 1. The Bertz CT molecular complexity index is 703. The van der Waals surface area contributed by atoms with E-state index in [0.29, 0.717) is 12.0 Å². The molecular formula is C18H19ClN2S. The third kappa shape index (κ3) is 2.62.